The van der Waals surface area contributed by atoms with Crippen LogP contribution in [0.5, 0.6) is 0 Å². The van der Waals surface area contributed by atoms with E-state index in [1.165, 1.54) is 38.5 Å². The van der Waals surface area contributed by atoms with Gasteiger partial charge >= 0.3 is 0 Å². The lowest BCUT2D eigenvalue weighted by Crippen LogP contribution is -2.34. The quantitative estimate of drug-likeness (QED) is 0.632. The van der Waals surface area contributed by atoms with Crippen LogP contribution in [0, 0.1) is 5.92 Å². The van der Waals surface area contributed by atoms with Crippen molar-refractivity contribution in [2.75, 3.05) is 5.33 Å². The summed E-state index contributed by atoms with van der Waals surface area (Å²) in [5, 5.41) is 1.12. The first-order chi connectivity index (χ1) is 8.75. The van der Waals surface area contributed by atoms with E-state index in [1.807, 2.05) is 0 Å². The number of rotatable bonds is 5. The van der Waals surface area contributed by atoms with E-state index in [9.17, 15) is 0 Å². The van der Waals surface area contributed by atoms with Crippen LogP contribution in [0.4, 0.5) is 0 Å². The van der Waals surface area contributed by atoms with Crippen LogP contribution in [0.15, 0.2) is 24.3 Å². The summed E-state index contributed by atoms with van der Waals surface area (Å²) in [4.78, 5) is 0. The molecule has 0 amide bonds. The summed E-state index contributed by atoms with van der Waals surface area (Å²) in [6.07, 6.45) is 7.95. The Morgan fingerprint density at radius 3 is 2.61 bits per heavy atom. The van der Waals surface area contributed by atoms with Crippen molar-refractivity contribution in [3.8, 4) is 0 Å². The van der Waals surface area contributed by atoms with Crippen LogP contribution in [0.3, 0.4) is 0 Å². The Morgan fingerprint density at radius 1 is 1.22 bits per heavy atom. The molecule has 0 saturated heterocycles. The Labute approximate surface area is 120 Å². The Morgan fingerprint density at radius 2 is 1.94 bits per heavy atom. The lowest BCUT2D eigenvalue weighted by atomic mass is 9.66. The second-order valence-corrected chi connectivity index (χ2v) is 6.37. The van der Waals surface area contributed by atoms with Crippen molar-refractivity contribution < 1.29 is 0 Å². The molecule has 0 fully saturated rings. The highest BCUT2D eigenvalue weighted by Gasteiger charge is 2.36. The second kappa shape index (κ2) is 6.23. The van der Waals surface area contributed by atoms with Gasteiger partial charge in [0, 0.05) is 10.7 Å². The maximum Gasteiger partial charge on any atom is 0.0129 e. The highest BCUT2D eigenvalue weighted by Crippen LogP contribution is 2.44. The van der Waals surface area contributed by atoms with Gasteiger partial charge in [0.1, 0.15) is 0 Å². The normalized spacial score (nSPS) is 23.1. The number of benzene rings is 1. The first-order valence-electron chi connectivity index (χ1n) is 7.40. The molecule has 1 heteroatoms. The van der Waals surface area contributed by atoms with Gasteiger partial charge in [0.25, 0.3) is 0 Å². The summed E-state index contributed by atoms with van der Waals surface area (Å²) in [5.74, 6) is 0.869. The molecule has 1 aromatic rings. The van der Waals surface area contributed by atoms with Gasteiger partial charge in [-0.2, -0.15) is 0 Å². The lowest BCUT2D eigenvalue weighted by Gasteiger charge is -2.40. The van der Waals surface area contributed by atoms with Gasteiger partial charge in [0.15, 0.2) is 0 Å². The molecule has 1 aromatic carbocycles. The van der Waals surface area contributed by atoms with E-state index < -0.39 is 0 Å². The molecule has 100 valence electrons. The minimum Gasteiger partial charge on any atom is -0.0918 e. The van der Waals surface area contributed by atoms with Crippen molar-refractivity contribution in [2.24, 2.45) is 5.92 Å². The summed E-state index contributed by atoms with van der Waals surface area (Å²) < 4.78 is 0. The van der Waals surface area contributed by atoms with Gasteiger partial charge < -0.3 is 0 Å². The summed E-state index contributed by atoms with van der Waals surface area (Å²) in [6, 6.07) is 9.12. The number of hydrogen-bond acceptors (Lipinski definition) is 0. The van der Waals surface area contributed by atoms with Crippen molar-refractivity contribution in [1.29, 1.82) is 0 Å². The maximum absolute atomic E-state index is 3.82. The third-order valence-electron chi connectivity index (χ3n) is 4.78. The standard InChI is InChI=1S/C17H25Br/c1-3-14(4-2)12-17(13-18)11-7-9-15-8-5-6-10-16(15)17/h5-6,8,10,14H,3-4,7,9,11-13H2,1-2H3. The van der Waals surface area contributed by atoms with Gasteiger partial charge in [-0.15, -0.1) is 0 Å². The molecule has 0 aliphatic heterocycles. The van der Waals surface area contributed by atoms with Crippen LogP contribution in [-0.2, 0) is 11.8 Å². The molecule has 0 radical (unpaired) electrons. The Kier molecular flexibility index (Phi) is 4.89. The fraction of sp³-hybridized carbons (Fsp3) is 0.647. The topological polar surface area (TPSA) is 0 Å². The fourth-order valence-corrected chi connectivity index (χ4v) is 4.35. The number of fused-ring (bicyclic) bond motifs is 1. The summed E-state index contributed by atoms with van der Waals surface area (Å²) in [7, 11) is 0. The fourth-order valence-electron chi connectivity index (χ4n) is 3.54. The Hall–Kier alpha value is -0.300. The lowest BCUT2D eigenvalue weighted by molar-refractivity contribution is 0.294. The average molecular weight is 309 g/mol. The second-order valence-electron chi connectivity index (χ2n) is 5.81. The zero-order chi connectivity index (χ0) is 13.0. The zero-order valence-electron chi connectivity index (χ0n) is 11.7. The van der Waals surface area contributed by atoms with E-state index in [0.29, 0.717) is 5.41 Å². The highest BCUT2D eigenvalue weighted by atomic mass is 79.9. The molecule has 0 heterocycles. The molecule has 0 N–H and O–H groups in total. The summed E-state index contributed by atoms with van der Waals surface area (Å²) >= 11 is 3.82. The van der Waals surface area contributed by atoms with Gasteiger partial charge in [0.2, 0.25) is 0 Å². The number of halogens is 1. The van der Waals surface area contributed by atoms with Gasteiger partial charge in [-0.05, 0) is 42.7 Å². The third-order valence-corrected chi connectivity index (χ3v) is 5.85. The van der Waals surface area contributed by atoms with Gasteiger partial charge in [-0.1, -0.05) is 66.9 Å². The number of hydrogen-bond donors (Lipinski definition) is 0. The molecular weight excluding hydrogens is 284 g/mol. The Balaban J connectivity index is 2.33. The van der Waals surface area contributed by atoms with Crippen molar-refractivity contribution >= 4 is 15.9 Å². The molecule has 0 bridgehead atoms. The summed E-state index contributed by atoms with van der Waals surface area (Å²) in [6.45, 7) is 4.68. The maximum atomic E-state index is 3.82. The first kappa shape index (κ1) is 14.1. The molecule has 1 atom stereocenters. The smallest absolute Gasteiger partial charge is 0.0129 e. The number of alkyl halides is 1. The molecule has 1 aliphatic rings. The average Bonchev–Trinajstić information content (AvgIpc) is 2.45. The minimum absolute atomic E-state index is 0.394. The van der Waals surface area contributed by atoms with E-state index in [0.717, 1.165) is 11.2 Å². The van der Waals surface area contributed by atoms with E-state index in [2.05, 4.69) is 54.0 Å². The predicted molar refractivity (Wildman–Crippen MR) is 83.5 cm³/mol. The first-order valence-corrected chi connectivity index (χ1v) is 8.52. The molecule has 0 aromatic heterocycles. The van der Waals surface area contributed by atoms with Crippen LogP contribution >= 0.6 is 15.9 Å². The molecule has 0 saturated carbocycles. The highest BCUT2D eigenvalue weighted by molar-refractivity contribution is 9.09. The largest absolute Gasteiger partial charge is 0.0918 e. The molecule has 18 heavy (non-hydrogen) atoms. The van der Waals surface area contributed by atoms with E-state index in [-0.39, 0.29) is 0 Å². The van der Waals surface area contributed by atoms with Crippen molar-refractivity contribution in [3.05, 3.63) is 35.4 Å². The SMILES string of the molecule is CCC(CC)CC1(CBr)CCCc2ccccc21. The molecule has 0 nitrogen and oxygen atoms in total. The Bertz CT molecular complexity index is 381. The molecular formula is C17H25Br. The molecule has 0 spiro atoms. The van der Waals surface area contributed by atoms with Crippen molar-refractivity contribution in [1.82, 2.24) is 0 Å². The van der Waals surface area contributed by atoms with Crippen LogP contribution < -0.4 is 0 Å². The van der Waals surface area contributed by atoms with Crippen molar-refractivity contribution in [3.63, 3.8) is 0 Å². The van der Waals surface area contributed by atoms with Gasteiger partial charge in [-0.3, -0.25) is 0 Å². The molecule has 1 aliphatic carbocycles. The van der Waals surface area contributed by atoms with Crippen LogP contribution in [0.1, 0.15) is 57.1 Å². The zero-order valence-corrected chi connectivity index (χ0v) is 13.3. The predicted octanol–water partition coefficient (Wildman–Crippen LogP) is 5.48. The van der Waals surface area contributed by atoms with E-state index in [1.54, 1.807) is 11.1 Å². The summed E-state index contributed by atoms with van der Waals surface area (Å²) in [5.41, 5.74) is 3.61. The van der Waals surface area contributed by atoms with Crippen molar-refractivity contribution in [2.45, 2.75) is 57.8 Å². The van der Waals surface area contributed by atoms with Gasteiger partial charge in [0.05, 0.1) is 0 Å². The third kappa shape index (κ3) is 2.66. The van der Waals surface area contributed by atoms with Gasteiger partial charge in [-0.25, -0.2) is 0 Å². The van der Waals surface area contributed by atoms with Crippen LogP contribution in [-0.4, -0.2) is 5.33 Å². The van der Waals surface area contributed by atoms with E-state index in [4.69, 9.17) is 0 Å². The monoisotopic (exact) mass is 308 g/mol. The van der Waals surface area contributed by atoms with Crippen LogP contribution in [0.2, 0.25) is 0 Å². The number of aryl methyl sites for hydroxylation is 1. The molecule has 2 rings (SSSR count). The van der Waals surface area contributed by atoms with Crippen LogP contribution in [0.25, 0.3) is 0 Å². The van der Waals surface area contributed by atoms with E-state index >= 15 is 0 Å². The molecule has 1 unspecified atom stereocenters. The minimum atomic E-state index is 0.394.